The zero-order chi connectivity index (χ0) is 15.4. The standard InChI is InChI=1S/C14H13FN2O3S/c1-20-14(19)11-5-9(2-3-12(11)15)17-6-10-4-8(7-21-10)13(16)18/h2-5,7,17H,6H2,1H3,(H2,16,18). The number of ether oxygens (including phenoxy) is 1. The summed E-state index contributed by atoms with van der Waals surface area (Å²) in [7, 11) is 1.19. The van der Waals surface area contributed by atoms with Gasteiger partial charge in [-0.25, -0.2) is 9.18 Å². The van der Waals surface area contributed by atoms with Crippen LogP contribution in [0.4, 0.5) is 10.1 Å². The quantitative estimate of drug-likeness (QED) is 0.831. The monoisotopic (exact) mass is 308 g/mol. The Labute approximate surface area is 124 Å². The normalized spacial score (nSPS) is 10.2. The van der Waals surface area contributed by atoms with Gasteiger partial charge in [-0.1, -0.05) is 0 Å². The molecule has 0 saturated carbocycles. The van der Waals surface area contributed by atoms with E-state index in [1.165, 1.54) is 36.6 Å². The van der Waals surface area contributed by atoms with Crippen LogP contribution in [0.1, 0.15) is 25.6 Å². The van der Waals surface area contributed by atoms with Crippen LogP contribution in [0.15, 0.2) is 29.6 Å². The van der Waals surface area contributed by atoms with Crippen LogP contribution in [0.3, 0.4) is 0 Å². The highest BCUT2D eigenvalue weighted by Crippen LogP contribution is 2.19. The number of hydrogen-bond acceptors (Lipinski definition) is 5. The maximum Gasteiger partial charge on any atom is 0.340 e. The number of esters is 1. The van der Waals surface area contributed by atoms with Crippen LogP contribution in [0, 0.1) is 5.82 Å². The smallest absolute Gasteiger partial charge is 0.340 e. The molecule has 0 aliphatic rings. The molecule has 1 aromatic heterocycles. The van der Waals surface area contributed by atoms with Crippen LogP contribution in [-0.2, 0) is 11.3 Å². The van der Waals surface area contributed by atoms with Gasteiger partial charge in [-0.2, -0.15) is 0 Å². The van der Waals surface area contributed by atoms with Crippen molar-refractivity contribution in [1.82, 2.24) is 0 Å². The van der Waals surface area contributed by atoms with E-state index in [2.05, 4.69) is 10.1 Å². The number of hydrogen-bond donors (Lipinski definition) is 2. The average molecular weight is 308 g/mol. The van der Waals surface area contributed by atoms with Crippen LogP contribution in [0.2, 0.25) is 0 Å². The second-order valence-electron chi connectivity index (χ2n) is 4.21. The Hall–Kier alpha value is -2.41. The number of rotatable bonds is 5. The van der Waals surface area contributed by atoms with Crippen molar-refractivity contribution in [2.45, 2.75) is 6.54 Å². The van der Waals surface area contributed by atoms with E-state index in [1.807, 2.05) is 0 Å². The van der Waals surface area contributed by atoms with Crippen LogP contribution in [-0.4, -0.2) is 19.0 Å². The Morgan fingerprint density at radius 1 is 1.38 bits per heavy atom. The predicted molar refractivity (Wildman–Crippen MR) is 77.9 cm³/mol. The van der Waals surface area contributed by atoms with Gasteiger partial charge in [0, 0.05) is 22.5 Å². The van der Waals surface area contributed by atoms with Crippen molar-refractivity contribution in [3.63, 3.8) is 0 Å². The molecule has 3 N–H and O–H groups in total. The Kier molecular flexibility index (Phi) is 4.54. The third-order valence-electron chi connectivity index (χ3n) is 2.78. The molecule has 1 amide bonds. The molecule has 5 nitrogen and oxygen atoms in total. The molecular formula is C14H13FN2O3S. The molecule has 21 heavy (non-hydrogen) atoms. The minimum Gasteiger partial charge on any atom is -0.465 e. The fourth-order valence-corrected chi connectivity index (χ4v) is 2.51. The summed E-state index contributed by atoms with van der Waals surface area (Å²) in [5, 5.41) is 4.71. The van der Waals surface area contributed by atoms with E-state index in [1.54, 1.807) is 11.4 Å². The first-order valence-corrected chi connectivity index (χ1v) is 6.88. The third kappa shape index (κ3) is 3.57. The van der Waals surface area contributed by atoms with Crippen molar-refractivity contribution in [2.24, 2.45) is 5.73 Å². The molecule has 2 rings (SSSR count). The fraction of sp³-hybridized carbons (Fsp3) is 0.143. The Morgan fingerprint density at radius 2 is 2.14 bits per heavy atom. The van der Waals surface area contributed by atoms with Gasteiger partial charge < -0.3 is 15.8 Å². The lowest BCUT2D eigenvalue weighted by Gasteiger charge is -2.07. The van der Waals surface area contributed by atoms with E-state index >= 15 is 0 Å². The van der Waals surface area contributed by atoms with E-state index in [0.717, 1.165) is 4.88 Å². The maximum atomic E-state index is 13.5. The lowest BCUT2D eigenvalue weighted by Crippen LogP contribution is -2.09. The Morgan fingerprint density at radius 3 is 2.76 bits per heavy atom. The number of nitrogens with one attached hydrogen (secondary N) is 1. The molecule has 1 aromatic carbocycles. The second-order valence-corrected chi connectivity index (χ2v) is 5.20. The van der Waals surface area contributed by atoms with Gasteiger partial charge in [-0.05, 0) is 24.3 Å². The third-order valence-corrected chi connectivity index (χ3v) is 3.71. The van der Waals surface area contributed by atoms with Gasteiger partial charge in [0.2, 0.25) is 5.91 Å². The van der Waals surface area contributed by atoms with E-state index in [9.17, 15) is 14.0 Å². The van der Waals surface area contributed by atoms with E-state index in [4.69, 9.17) is 5.73 Å². The average Bonchev–Trinajstić information content (AvgIpc) is 2.94. The Bertz CT molecular complexity index is 685. The van der Waals surface area contributed by atoms with Gasteiger partial charge in [-0.3, -0.25) is 4.79 Å². The zero-order valence-corrected chi connectivity index (χ0v) is 12.0. The summed E-state index contributed by atoms with van der Waals surface area (Å²) in [5.74, 6) is -1.85. The van der Waals surface area contributed by atoms with Crippen LogP contribution in [0.5, 0.6) is 0 Å². The Balaban J connectivity index is 2.09. The number of methoxy groups -OCH3 is 1. The van der Waals surface area contributed by atoms with Crippen molar-refractivity contribution in [2.75, 3.05) is 12.4 Å². The van der Waals surface area contributed by atoms with Crippen LogP contribution in [0.25, 0.3) is 0 Å². The van der Waals surface area contributed by atoms with Gasteiger partial charge in [0.15, 0.2) is 0 Å². The summed E-state index contributed by atoms with van der Waals surface area (Å²) < 4.78 is 18.0. The number of benzene rings is 1. The van der Waals surface area contributed by atoms with Crippen molar-refractivity contribution < 1.29 is 18.7 Å². The fourth-order valence-electron chi connectivity index (χ4n) is 1.69. The van der Waals surface area contributed by atoms with Crippen LogP contribution >= 0.6 is 11.3 Å². The van der Waals surface area contributed by atoms with E-state index in [-0.39, 0.29) is 5.56 Å². The molecule has 0 unspecified atom stereocenters. The minimum absolute atomic E-state index is 0.133. The van der Waals surface area contributed by atoms with Gasteiger partial charge in [0.05, 0.1) is 18.2 Å². The molecule has 0 spiro atoms. The number of carbonyl (C=O) groups is 2. The first-order chi connectivity index (χ1) is 10.0. The lowest BCUT2D eigenvalue weighted by atomic mass is 10.2. The molecule has 0 bridgehead atoms. The van der Waals surface area contributed by atoms with Crippen LogP contribution < -0.4 is 11.1 Å². The number of amides is 1. The molecule has 0 saturated heterocycles. The molecule has 0 radical (unpaired) electrons. The molecule has 110 valence electrons. The molecule has 0 aliphatic heterocycles. The van der Waals surface area contributed by atoms with Gasteiger partial charge in [0.25, 0.3) is 0 Å². The number of halogens is 1. The van der Waals surface area contributed by atoms with E-state index < -0.39 is 17.7 Å². The number of carbonyl (C=O) groups excluding carboxylic acids is 2. The zero-order valence-electron chi connectivity index (χ0n) is 11.2. The molecular weight excluding hydrogens is 295 g/mol. The summed E-state index contributed by atoms with van der Waals surface area (Å²) in [6.45, 7) is 0.435. The lowest BCUT2D eigenvalue weighted by molar-refractivity contribution is 0.0595. The minimum atomic E-state index is -0.733. The number of thiophene rings is 1. The maximum absolute atomic E-state index is 13.5. The van der Waals surface area contributed by atoms with Crippen molar-refractivity contribution in [3.8, 4) is 0 Å². The summed E-state index contributed by atoms with van der Waals surface area (Å²) in [6.07, 6.45) is 0. The number of anilines is 1. The van der Waals surface area contributed by atoms with Gasteiger partial charge in [0.1, 0.15) is 5.82 Å². The number of primary amides is 1. The molecule has 0 atom stereocenters. The molecule has 7 heteroatoms. The molecule has 0 fully saturated rings. The molecule has 2 aromatic rings. The topological polar surface area (TPSA) is 81.4 Å². The second kappa shape index (κ2) is 6.36. The SMILES string of the molecule is COC(=O)c1cc(NCc2cc(C(N)=O)cs2)ccc1F. The highest BCUT2D eigenvalue weighted by molar-refractivity contribution is 7.10. The number of nitrogens with two attached hydrogens (primary N) is 1. The first kappa shape index (κ1) is 15.0. The van der Waals surface area contributed by atoms with E-state index in [0.29, 0.717) is 17.8 Å². The summed E-state index contributed by atoms with van der Waals surface area (Å²) in [5.41, 5.74) is 6.07. The largest absolute Gasteiger partial charge is 0.465 e. The van der Waals surface area contributed by atoms with Gasteiger partial charge in [-0.15, -0.1) is 11.3 Å². The summed E-state index contributed by atoms with van der Waals surface area (Å²) in [6, 6.07) is 5.77. The van der Waals surface area contributed by atoms with Crippen molar-refractivity contribution in [1.29, 1.82) is 0 Å². The summed E-state index contributed by atoms with van der Waals surface area (Å²) >= 11 is 1.39. The van der Waals surface area contributed by atoms with Crippen molar-refractivity contribution >= 4 is 28.9 Å². The highest BCUT2D eigenvalue weighted by atomic mass is 32.1. The first-order valence-electron chi connectivity index (χ1n) is 6.00. The molecule has 1 heterocycles. The molecule has 0 aliphatic carbocycles. The van der Waals surface area contributed by atoms with Gasteiger partial charge >= 0.3 is 5.97 Å². The highest BCUT2D eigenvalue weighted by Gasteiger charge is 2.12. The van der Waals surface area contributed by atoms with Crippen molar-refractivity contribution in [3.05, 3.63) is 51.5 Å². The summed E-state index contributed by atoms with van der Waals surface area (Å²) in [4.78, 5) is 23.3. The predicted octanol–water partition coefficient (Wildman–Crippen LogP) is 2.38.